The zero-order valence-corrected chi connectivity index (χ0v) is 12.1. The number of benzene rings is 1. The average Bonchev–Trinajstić information content (AvgIpc) is 2.38. The van der Waals surface area contributed by atoms with Crippen molar-refractivity contribution in [2.75, 3.05) is 39.6 Å². The highest BCUT2D eigenvalue weighted by Gasteiger charge is 2.46. The second kappa shape index (κ2) is 4.46. The van der Waals surface area contributed by atoms with Crippen molar-refractivity contribution in [1.29, 1.82) is 0 Å². The Morgan fingerprint density at radius 2 is 1.65 bits per heavy atom. The predicted molar refractivity (Wildman–Crippen MR) is 79.3 cm³/mol. The van der Waals surface area contributed by atoms with Crippen molar-refractivity contribution in [3.63, 3.8) is 0 Å². The summed E-state index contributed by atoms with van der Waals surface area (Å²) >= 11 is 6.00. The summed E-state index contributed by atoms with van der Waals surface area (Å²) in [4.78, 5) is 7.45. The van der Waals surface area contributed by atoms with E-state index in [1.165, 1.54) is 0 Å². The van der Waals surface area contributed by atoms with Crippen LogP contribution in [0.1, 0.15) is 5.56 Å². The third kappa shape index (κ3) is 2.13. The number of phenols is 1. The summed E-state index contributed by atoms with van der Waals surface area (Å²) in [6.45, 7) is 6.60. The Balaban J connectivity index is 1.62. The van der Waals surface area contributed by atoms with Crippen LogP contribution in [0.15, 0.2) is 24.3 Å². The van der Waals surface area contributed by atoms with Gasteiger partial charge in [0.1, 0.15) is 5.75 Å². The second-order valence-corrected chi connectivity index (χ2v) is 6.75. The molecule has 0 atom stereocenters. The fraction of sp³-hybridized carbons (Fsp3) is 0.467. The van der Waals surface area contributed by atoms with Gasteiger partial charge in [-0.25, -0.2) is 0 Å². The quantitative estimate of drug-likeness (QED) is 0.901. The molecule has 1 aromatic carbocycles. The van der Waals surface area contributed by atoms with Crippen LogP contribution >= 0.6 is 11.6 Å². The number of hydrogen-bond acceptors (Lipinski definition) is 4. The zero-order chi connectivity index (χ0) is 13.7. The smallest absolute Gasteiger partial charge is 0.122 e. The standard InChI is InChI=1S/C15H18ClN3O/c16-13-1-2-14(20)12(5-13)3-4-15-6-17-9-18(7-15)11-19(8-15)10-17/h1-5,20H,6-11H2. The van der Waals surface area contributed by atoms with Gasteiger partial charge in [0.25, 0.3) is 0 Å². The number of rotatable bonds is 2. The first-order valence-electron chi connectivity index (χ1n) is 6.97. The lowest BCUT2D eigenvalue weighted by molar-refractivity contribution is -0.155. The number of hydrogen-bond donors (Lipinski definition) is 1. The van der Waals surface area contributed by atoms with E-state index in [9.17, 15) is 5.11 Å². The van der Waals surface area contributed by atoms with Crippen LogP contribution in [-0.2, 0) is 0 Å². The van der Waals surface area contributed by atoms with Crippen molar-refractivity contribution in [2.45, 2.75) is 0 Å². The highest BCUT2D eigenvalue weighted by atomic mass is 35.5. The fourth-order valence-corrected chi connectivity index (χ4v) is 4.03. The Bertz CT molecular complexity index is 537. The van der Waals surface area contributed by atoms with Crippen LogP contribution in [0.5, 0.6) is 5.75 Å². The van der Waals surface area contributed by atoms with E-state index in [1.807, 2.05) is 12.1 Å². The molecule has 1 aromatic rings. The van der Waals surface area contributed by atoms with Gasteiger partial charge >= 0.3 is 0 Å². The van der Waals surface area contributed by atoms with Crippen LogP contribution in [0.4, 0.5) is 0 Å². The van der Waals surface area contributed by atoms with Crippen molar-refractivity contribution in [1.82, 2.24) is 14.7 Å². The van der Waals surface area contributed by atoms with E-state index >= 15 is 0 Å². The van der Waals surface area contributed by atoms with E-state index in [0.29, 0.717) is 5.02 Å². The first-order valence-corrected chi connectivity index (χ1v) is 7.35. The van der Waals surface area contributed by atoms with E-state index in [2.05, 4.69) is 20.8 Å². The summed E-state index contributed by atoms with van der Waals surface area (Å²) in [5.41, 5.74) is 0.983. The van der Waals surface area contributed by atoms with Gasteiger partial charge < -0.3 is 5.11 Å². The molecule has 4 aliphatic rings. The topological polar surface area (TPSA) is 30.0 Å². The van der Waals surface area contributed by atoms with Crippen molar-refractivity contribution in [3.8, 4) is 5.75 Å². The molecule has 0 amide bonds. The molecule has 5 heteroatoms. The summed E-state index contributed by atoms with van der Waals surface area (Å²) in [6.07, 6.45) is 4.29. The fourth-order valence-electron chi connectivity index (χ4n) is 3.85. The molecular formula is C15H18ClN3O. The van der Waals surface area contributed by atoms with Gasteiger partial charge in [0.15, 0.2) is 0 Å². The largest absolute Gasteiger partial charge is 0.507 e. The van der Waals surface area contributed by atoms with Crippen LogP contribution in [0.25, 0.3) is 6.08 Å². The number of phenolic OH excluding ortho intramolecular Hbond substituents is 1. The van der Waals surface area contributed by atoms with Crippen LogP contribution < -0.4 is 0 Å². The van der Waals surface area contributed by atoms with Crippen LogP contribution in [0.2, 0.25) is 5.02 Å². The second-order valence-electron chi connectivity index (χ2n) is 6.31. The Morgan fingerprint density at radius 1 is 1.05 bits per heavy atom. The lowest BCUT2D eigenvalue weighted by Crippen LogP contribution is -2.72. The lowest BCUT2D eigenvalue weighted by atomic mass is 9.80. The molecule has 0 aliphatic carbocycles. The Morgan fingerprint density at radius 3 is 2.25 bits per heavy atom. The van der Waals surface area contributed by atoms with E-state index in [4.69, 9.17) is 11.6 Å². The van der Waals surface area contributed by atoms with Crippen LogP contribution in [0.3, 0.4) is 0 Å². The monoisotopic (exact) mass is 291 g/mol. The summed E-state index contributed by atoms with van der Waals surface area (Å²) in [6, 6.07) is 5.18. The Labute approximate surface area is 123 Å². The molecule has 20 heavy (non-hydrogen) atoms. The van der Waals surface area contributed by atoms with Gasteiger partial charge in [-0.05, 0) is 18.2 Å². The first kappa shape index (κ1) is 12.7. The molecule has 0 aromatic heterocycles. The number of halogens is 1. The van der Waals surface area contributed by atoms with Gasteiger partial charge in [-0.3, -0.25) is 14.7 Å². The minimum absolute atomic E-state index is 0.184. The average molecular weight is 292 g/mol. The SMILES string of the molecule is Oc1ccc(Cl)cc1C=CC12CN3CN(CN(C3)C1)C2. The predicted octanol–water partition coefficient (Wildman–Crippen LogP) is 1.86. The molecule has 4 saturated heterocycles. The normalized spacial score (nSPS) is 38.8. The van der Waals surface area contributed by atoms with Gasteiger partial charge in [0.2, 0.25) is 0 Å². The van der Waals surface area contributed by atoms with Crippen molar-refractivity contribution in [3.05, 3.63) is 34.9 Å². The van der Waals surface area contributed by atoms with Gasteiger partial charge in [-0.15, -0.1) is 0 Å². The van der Waals surface area contributed by atoms with E-state index in [-0.39, 0.29) is 11.2 Å². The maximum atomic E-state index is 9.91. The van der Waals surface area contributed by atoms with Gasteiger partial charge in [0, 0.05) is 35.6 Å². The summed E-state index contributed by atoms with van der Waals surface area (Å²) < 4.78 is 0. The molecule has 0 radical (unpaired) electrons. The van der Waals surface area contributed by atoms with E-state index in [0.717, 1.165) is 45.2 Å². The van der Waals surface area contributed by atoms with Gasteiger partial charge in [-0.1, -0.05) is 23.8 Å². The highest BCUT2D eigenvalue weighted by Crippen LogP contribution is 2.37. The third-order valence-corrected chi connectivity index (χ3v) is 4.66. The zero-order valence-electron chi connectivity index (χ0n) is 11.3. The maximum absolute atomic E-state index is 9.91. The minimum atomic E-state index is 0.184. The molecule has 0 unspecified atom stereocenters. The summed E-state index contributed by atoms with van der Waals surface area (Å²) in [5.74, 6) is 0.288. The lowest BCUT2D eigenvalue weighted by Gasteiger charge is -2.59. The number of aromatic hydroxyl groups is 1. The molecule has 4 bridgehead atoms. The molecule has 0 spiro atoms. The van der Waals surface area contributed by atoms with Crippen molar-refractivity contribution < 1.29 is 5.11 Å². The highest BCUT2D eigenvalue weighted by molar-refractivity contribution is 6.30. The molecule has 4 heterocycles. The van der Waals surface area contributed by atoms with Gasteiger partial charge in [-0.2, -0.15) is 0 Å². The van der Waals surface area contributed by atoms with E-state index < -0.39 is 0 Å². The number of nitrogens with zero attached hydrogens (tertiary/aromatic N) is 3. The molecule has 4 aliphatic heterocycles. The third-order valence-electron chi connectivity index (χ3n) is 4.42. The Hall–Kier alpha value is -1.07. The Kier molecular flexibility index (Phi) is 2.82. The molecule has 4 nitrogen and oxygen atoms in total. The molecule has 106 valence electrons. The molecule has 4 fully saturated rings. The van der Waals surface area contributed by atoms with Crippen LogP contribution in [0, 0.1) is 5.41 Å². The molecule has 5 rings (SSSR count). The summed E-state index contributed by atoms with van der Waals surface area (Å²) in [7, 11) is 0. The minimum Gasteiger partial charge on any atom is -0.507 e. The van der Waals surface area contributed by atoms with Crippen molar-refractivity contribution in [2.24, 2.45) is 5.41 Å². The van der Waals surface area contributed by atoms with Crippen molar-refractivity contribution >= 4 is 17.7 Å². The first-order chi connectivity index (χ1) is 9.62. The molecular weight excluding hydrogens is 274 g/mol. The summed E-state index contributed by atoms with van der Waals surface area (Å²) in [5, 5.41) is 10.6. The maximum Gasteiger partial charge on any atom is 0.122 e. The van der Waals surface area contributed by atoms with E-state index in [1.54, 1.807) is 12.1 Å². The van der Waals surface area contributed by atoms with Gasteiger partial charge in [0.05, 0.1) is 20.0 Å². The molecule has 0 saturated carbocycles. The van der Waals surface area contributed by atoms with Crippen LogP contribution in [-0.4, -0.2) is 59.4 Å². The molecule has 1 N–H and O–H groups in total.